The number of carbonyl (C=O) groups excluding carboxylic acids is 2. The standard InChI is InChI=1S/C23H22FN3O5/c1-13-10-18(14(2)27(13)17-6-4-16(24)5-7-17)23(29)26-25-22(28)15-11-19(30-3)21-20(12-15)31-8-9-32-21/h4-7,10-12H,8-9H2,1-3H3,(H,25,28)(H,26,29). The number of halogens is 1. The molecule has 0 unspecified atom stereocenters. The van der Waals surface area contributed by atoms with E-state index in [0.29, 0.717) is 41.7 Å². The molecule has 2 aromatic carbocycles. The molecular formula is C23H22FN3O5. The summed E-state index contributed by atoms with van der Waals surface area (Å²) < 4.78 is 31.4. The van der Waals surface area contributed by atoms with Crippen LogP contribution in [0.25, 0.3) is 5.69 Å². The Morgan fingerprint density at radius 2 is 1.69 bits per heavy atom. The second-order valence-electron chi connectivity index (χ2n) is 7.21. The number of nitrogens with zero attached hydrogens (tertiary/aromatic N) is 1. The number of carbonyl (C=O) groups is 2. The van der Waals surface area contributed by atoms with Crippen molar-refractivity contribution in [2.24, 2.45) is 0 Å². The highest BCUT2D eigenvalue weighted by Crippen LogP contribution is 2.40. The maximum absolute atomic E-state index is 13.3. The van der Waals surface area contributed by atoms with E-state index >= 15 is 0 Å². The molecule has 0 atom stereocenters. The second-order valence-corrected chi connectivity index (χ2v) is 7.21. The van der Waals surface area contributed by atoms with E-state index in [1.807, 2.05) is 11.5 Å². The van der Waals surface area contributed by atoms with Crippen molar-refractivity contribution in [2.45, 2.75) is 13.8 Å². The summed E-state index contributed by atoms with van der Waals surface area (Å²) in [5.74, 6) is -0.165. The lowest BCUT2D eigenvalue weighted by Crippen LogP contribution is -2.41. The summed E-state index contributed by atoms with van der Waals surface area (Å²) in [6.07, 6.45) is 0. The number of fused-ring (bicyclic) bond motifs is 1. The first-order chi connectivity index (χ1) is 15.4. The van der Waals surface area contributed by atoms with E-state index < -0.39 is 11.8 Å². The van der Waals surface area contributed by atoms with Crippen molar-refractivity contribution in [1.29, 1.82) is 0 Å². The number of aryl methyl sites for hydroxylation is 1. The van der Waals surface area contributed by atoms with Gasteiger partial charge in [-0.1, -0.05) is 0 Å². The Kier molecular flexibility index (Phi) is 5.72. The molecular weight excluding hydrogens is 417 g/mol. The minimum absolute atomic E-state index is 0.239. The van der Waals surface area contributed by atoms with E-state index in [1.165, 1.54) is 31.4 Å². The number of nitrogens with one attached hydrogen (secondary N) is 2. The lowest BCUT2D eigenvalue weighted by atomic mass is 10.1. The van der Waals surface area contributed by atoms with Gasteiger partial charge in [0.1, 0.15) is 19.0 Å². The predicted molar refractivity (Wildman–Crippen MR) is 114 cm³/mol. The third-order valence-electron chi connectivity index (χ3n) is 5.14. The van der Waals surface area contributed by atoms with Gasteiger partial charge >= 0.3 is 0 Å². The summed E-state index contributed by atoms with van der Waals surface area (Å²) in [4.78, 5) is 25.4. The van der Waals surface area contributed by atoms with Crippen molar-refractivity contribution in [3.05, 3.63) is 70.8 Å². The minimum Gasteiger partial charge on any atom is -0.493 e. The van der Waals surface area contributed by atoms with E-state index in [-0.39, 0.29) is 11.4 Å². The molecule has 0 saturated carbocycles. The van der Waals surface area contributed by atoms with Crippen molar-refractivity contribution in [3.8, 4) is 22.9 Å². The van der Waals surface area contributed by atoms with E-state index in [2.05, 4.69) is 10.9 Å². The van der Waals surface area contributed by atoms with Crippen molar-refractivity contribution < 1.29 is 28.2 Å². The van der Waals surface area contributed by atoms with Gasteiger partial charge in [0.25, 0.3) is 11.8 Å². The number of aromatic nitrogens is 1. The van der Waals surface area contributed by atoms with Gasteiger partial charge in [0.15, 0.2) is 11.5 Å². The smallest absolute Gasteiger partial charge is 0.271 e. The van der Waals surface area contributed by atoms with Crippen LogP contribution in [-0.2, 0) is 0 Å². The fraction of sp³-hybridized carbons (Fsp3) is 0.217. The summed E-state index contributed by atoms with van der Waals surface area (Å²) in [6, 6.07) is 10.7. The Morgan fingerprint density at radius 3 is 2.41 bits per heavy atom. The number of amides is 2. The van der Waals surface area contributed by atoms with Crippen LogP contribution in [0.2, 0.25) is 0 Å². The average molecular weight is 439 g/mol. The van der Waals surface area contributed by atoms with Gasteiger partial charge < -0.3 is 18.8 Å². The highest BCUT2D eigenvalue weighted by atomic mass is 19.1. The first kappa shape index (κ1) is 21.2. The van der Waals surface area contributed by atoms with Gasteiger partial charge in [-0.3, -0.25) is 20.4 Å². The third kappa shape index (κ3) is 3.96. The van der Waals surface area contributed by atoms with E-state index in [1.54, 1.807) is 25.1 Å². The number of rotatable bonds is 4. The molecule has 0 aliphatic carbocycles. The lowest BCUT2D eigenvalue weighted by Gasteiger charge is -2.21. The van der Waals surface area contributed by atoms with Crippen LogP contribution in [0.4, 0.5) is 4.39 Å². The molecule has 1 aliphatic heterocycles. The van der Waals surface area contributed by atoms with E-state index in [0.717, 1.165) is 11.4 Å². The molecule has 1 aliphatic rings. The molecule has 9 heteroatoms. The Labute approximate surface area is 183 Å². The Morgan fingerprint density at radius 1 is 1.00 bits per heavy atom. The van der Waals surface area contributed by atoms with Crippen molar-refractivity contribution >= 4 is 11.8 Å². The van der Waals surface area contributed by atoms with Gasteiger partial charge in [-0.2, -0.15) is 0 Å². The number of hydrogen-bond acceptors (Lipinski definition) is 5. The zero-order valence-electron chi connectivity index (χ0n) is 17.8. The minimum atomic E-state index is -0.541. The number of methoxy groups -OCH3 is 1. The van der Waals surface area contributed by atoms with Crippen LogP contribution in [0.3, 0.4) is 0 Å². The van der Waals surface area contributed by atoms with Crippen LogP contribution in [0.5, 0.6) is 17.2 Å². The average Bonchev–Trinajstić information content (AvgIpc) is 3.10. The summed E-state index contributed by atoms with van der Waals surface area (Å²) >= 11 is 0. The summed E-state index contributed by atoms with van der Waals surface area (Å²) in [7, 11) is 1.47. The molecule has 8 nitrogen and oxygen atoms in total. The van der Waals surface area contributed by atoms with Gasteiger partial charge in [0, 0.05) is 22.6 Å². The third-order valence-corrected chi connectivity index (χ3v) is 5.14. The summed E-state index contributed by atoms with van der Waals surface area (Å²) in [5.41, 5.74) is 7.64. The van der Waals surface area contributed by atoms with Crippen LogP contribution < -0.4 is 25.1 Å². The van der Waals surface area contributed by atoms with Crippen LogP contribution >= 0.6 is 0 Å². The van der Waals surface area contributed by atoms with Crippen LogP contribution in [0.15, 0.2) is 42.5 Å². The molecule has 166 valence electrons. The van der Waals surface area contributed by atoms with E-state index in [9.17, 15) is 14.0 Å². The summed E-state index contributed by atoms with van der Waals surface area (Å²) in [6.45, 7) is 4.37. The first-order valence-corrected chi connectivity index (χ1v) is 9.92. The largest absolute Gasteiger partial charge is 0.493 e. The molecule has 0 spiro atoms. The topological polar surface area (TPSA) is 90.8 Å². The number of benzene rings is 2. The predicted octanol–water partition coefficient (Wildman–Crippen LogP) is 3.09. The zero-order chi connectivity index (χ0) is 22.8. The van der Waals surface area contributed by atoms with Gasteiger partial charge in [0.05, 0.1) is 12.7 Å². The van der Waals surface area contributed by atoms with Crippen molar-refractivity contribution in [2.75, 3.05) is 20.3 Å². The van der Waals surface area contributed by atoms with Gasteiger partial charge in [0.2, 0.25) is 5.75 Å². The molecule has 0 saturated heterocycles. The van der Waals surface area contributed by atoms with Crippen molar-refractivity contribution in [3.63, 3.8) is 0 Å². The Bertz CT molecular complexity index is 1170. The molecule has 1 aromatic heterocycles. The number of hydrazine groups is 1. The highest BCUT2D eigenvalue weighted by Gasteiger charge is 2.22. The number of ether oxygens (including phenoxy) is 3. The van der Waals surface area contributed by atoms with E-state index in [4.69, 9.17) is 14.2 Å². The van der Waals surface area contributed by atoms with Crippen molar-refractivity contribution in [1.82, 2.24) is 15.4 Å². The Hall–Kier alpha value is -4.01. The monoisotopic (exact) mass is 439 g/mol. The van der Waals surface area contributed by atoms with Gasteiger partial charge in [-0.15, -0.1) is 0 Å². The lowest BCUT2D eigenvalue weighted by molar-refractivity contribution is 0.0845. The molecule has 4 rings (SSSR count). The Balaban J connectivity index is 1.50. The fourth-order valence-electron chi connectivity index (χ4n) is 3.64. The van der Waals surface area contributed by atoms with Crippen LogP contribution in [-0.4, -0.2) is 36.7 Å². The SMILES string of the molecule is COc1cc(C(=O)NNC(=O)c2cc(C)n(-c3ccc(F)cc3)c2C)cc2c1OCCO2. The molecule has 2 heterocycles. The molecule has 0 bridgehead atoms. The van der Waals surface area contributed by atoms with Crippen LogP contribution in [0, 0.1) is 19.7 Å². The number of hydrogen-bond donors (Lipinski definition) is 2. The zero-order valence-corrected chi connectivity index (χ0v) is 17.8. The second kappa shape index (κ2) is 8.62. The molecule has 0 radical (unpaired) electrons. The molecule has 0 fully saturated rings. The van der Waals surface area contributed by atoms with Gasteiger partial charge in [-0.05, 0) is 56.3 Å². The fourth-order valence-corrected chi connectivity index (χ4v) is 3.64. The summed E-state index contributed by atoms with van der Waals surface area (Å²) in [5, 5.41) is 0. The molecule has 2 N–H and O–H groups in total. The molecule has 32 heavy (non-hydrogen) atoms. The highest BCUT2D eigenvalue weighted by molar-refractivity contribution is 6.00. The maximum atomic E-state index is 13.3. The van der Waals surface area contributed by atoms with Gasteiger partial charge in [-0.25, -0.2) is 4.39 Å². The van der Waals surface area contributed by atoms with Crippen LogP contribution in [0.1, 0.15) is 32.1 Å². The normalized spacial score (nSPS) is 12.2. The quantitative estimate of drug-likeness (QED) is 0.610. The molecule has 2 amide bonds. The first-order valence-electron chi connectivity index (χ1n) is 9.92. The maximum Gasteiger partial charge on any atom is 0.271 e. The molecule has 3 aromatic rings.